The average molecular weight is 70.1 g/mol. The fourth-order valence-corrected chi connectivity index (χ4v) is 0. The molecule has 0 unspecified atom stereocenters. The summed E-state index contributed by atoms with van der Waals surface area (Å²) >= 11 is 0. The highest BCUT2D eigenvalue weighted by Crippen LogP contribution is 1.32. The lowest BCUT2D eigenvalue weighted by Gasteiger charge is -1.26. The molecule has 0 saturated carbocycles. The summed E-state index contributed by atoms with van der Waals surface area (Å²) in [6.45, 7) is 0. The molecule has 3 heteroatoms. The number of hydrogen-bond acceptors (Lipinski definition) is 2. The molecule has 0 N–H and O–H groups in total. The third-order valence-electron chi connectivity index (χ3n) is 0. The highest BCUT2D eigenvalue weighted by Gasteiger charge is 1.19. The Hall–Kier alpha value is -1.22. The molecular formula is C2H2N2O. The van der Waals surface area contributed by atoms with E-state index < -0.39 is 0 Å². The summed E-state index contributed by atoms with van der Waals surface area (Å²) in [6, 6.07) is 0. The van der Waals surface area contributed by atoms with E-state index in [1.54, 1.807) is 0 Å². The molecule has 0 rings (SSSR count). The largest absolute Gasteiger partial charge is 0.463 e. The molecule has 0 aromatic carbocycles. The van der Waals surface area contributed by atoms with Crippen LogP contribution in [0.4, 0.5) is 0 Å². The quantitative estimate of drug-likeness (QED) is 0.238. The summed E-state index contributed by atoms with van der Waals surface area (Å²) in [5.74, 6) is 0. The molecule has 0 aliphatic carbocycles. The monoisotopic (exact) mass is 70.0 g/mol. The maximum absolute atomic E-state index is 8.11. The first-order chi connectivity index (χ1) is 2.41. The van der Waals surface area contributed by atoms with Crippen molar-refractivity contribution >= 4 is 0 Å². The van der Waals surface area contributed by atoms with Crippen LogP contribution in [-0.4, -0.2) is 0 Å². The van der Waals surface area contributed by atoms with Gasteiger partial charge in [0.25, 0.3) is 0 Å². The first-order valence-electron chi connectivity index (χ1n) is 0.716. The van der Waals surface area contributed by atoms with Crippen LogP contribution >= 0.6 is 0 Å². The van der Waals surface area contributed by atoms with Gasteiger partial charge in [-0.05, 0) is 0 Å². The molecule has 0 saturated heterocycles. The Bertz CT molecular complexity index is 50.4. The molecule has 0 aromatic rings. The summed E-state index contributed by atoms with van der Waals surface area (Å²) < 4.78 is 0. The lowest BCUT2D eigenvalue weighted by molar-refractivity contribution is 1.48. The molecule has 5 heavy (non-hydrogen) atoms. The second-order valence-corrected chi connectivity index (χ2v) is 0.0816. The third-order valence-corrected chi connectivity index (χ3v) is 0. The van der Waals surface area contributed by atoms with Crippen LogP contribution in [0.3, 0.4) is 0 Å². The van der Waals surface area contributed by atoms with Gasteiger partial charge in [0, 0.05) is 0 Å². The predicted octanol–water partition coefficient (Wildman–Crippen LogP) is 0.587. The van der Waals surface area contributed by atoms with Crippen molar-refractivity contribution in [2.75, 3.05) is 0 Å². The van der Waals surface area contributed by atoms with E-state index in [9.17, 15) is 0 Å². The number of rotatable bonds is 0. The third kappa shape index (κ3) is 1.14. The molecule has 0 fully saturated rings. The van der Waals surface area contributed by atoms with Gasteiger partial charge in [-0.3, -0.25) is 0 Å². The molecule has 0 amide bonds. The summed E-state index contributed by atoms with van der Waals surface area (Å²) in [5.41, 5.74) is 0. The van der Waals surface area contributed by atoms with Crippen LogP contribution in [0.1, 0.15) is 0 Å². The van der Waals surface area contributed by atoms with Gasteiger partial charge in [-0.15, -0.1) is 12.8 Å². The highest BCUT2D eigenvalue weighted by molar-refractivity contribution is 4.47. The molecule has 0 aromatic heterocycles. The van der Waals surface area contributed by atoms with Crippen LogP contribution in [-0.2, 0) is 0 Å². The van der Waals surface area contributed by atoms with E-state index in [1.807, 2.05) is 0 Å². The van der Waals surface area contributed by atoms with Gasteiger partial charge >= 0.3 is 0 Å². The van der Waals surface area contributed by atoms with E-state index in [2.05, 4.69) is 12.8 Å². The predicted molar refractivity (Wildman–Crippen MR) is 18.3 cm³/mol. The molecule has 0 aliphatic heterocycles. The maximum Gasteiger partial charge on any atom is 0.237 e. The molecule has 26 valence electrons. The van der Waals surface area contributed by atoms with Crippen molar-refractivity contribution in [3.05, 3.63) is 10.3 Å². The second-order valence-electron chi connectivity index (χ2n) is 0.0816. The number of hydrogen-bond donors (Lipinski definition) is 0. The summed E-state index contributed by atoms with van der Waals surface area (Å²) in [4.78, 5) is 0. The van der Waals surface area contributed by atoms with E-state index in [4.69, 9.17) is 10.6 Å². The van der Waals surface area contributed by atoms with E-state index in [-0.39, 0.29) is 0 Å². The van der Waals surface area contributed by atoms with Gasteiger partial charge in [0.15, 0.2) is 0 Å². The fraction of sp³-hybridized carbons (Fsp3) is 0. The van der Waals surface area contributed by atoms with Crippen LogP contribution in [0.2, 0.25) is 0 Å². The minimum atomic E-state index is 1.25. The molecule has 0 atom stereocenters. The van der Waals surface area contributed by atoms with Crippen LogP contribution < -0.4 is 0 Å². The molecule has 0 aliphatic rings. The van der Waals surface area contributed by atoms with Gasteiger partial charge in [0.1, 0.15) is 0 Å². The minimum Gasteiger partial charge on any atom is -0.463 e. The smallest absolute Gasteiger partial charge is 0.237 e. The topological polar surface area (TPSA) is 51.2 Å². The van der Waals surface area contributed by atoms with E-state index >= 15 is 0 Å². The fourth-order valence-electron chi connectivity index (χ4n) is 0. The Labute approximate surface area is 29.8 Å². The zero-order chi connectivity index (χ0) is 4.71. The van der Waals surface area contributed by atoms with Crippen LogP contribution in [0.15, 0.2) is 0 Å². The first-order valence-corrected chi connectivity index (χ1v) is 0.716. The second kappa shape index (κ2) is 182. The number of terminal acetylenes is 1. The zero-order valence-corrected chi connectivity index (χ0v) is 2.46. The van der Waals surface area contributed by atoms with Crippen molar-refractivity contribution in [1.82, 2.24) is 0 Å². The molecular weight excluding hydrogens is 68.0 g/mol. The van der Waals surface area contributed by atoms with Crippen molar-refractivity contribution in [2.24, 2.45) is 0 Å². The average Bonchev–Trinajstić information content (AvgIpc) is 1.46. The standard InChI is InChI=1S/C2H2.N2O/c1-2;1-2-3/h1-2H;. The van der Waals surface area contributed by atoms with Gasteiger partial charge in [0.05, 0.1) is 0 Å². The van der Waals surface area contributed by atoms with Gasteiger partial charge in [-0.2, -0.15) is 0 Å². The maximum atomic E-state index is 8.11. The lowest BCUT2D eigenvalue weighted by Crippen LogP contribution is -1.00. The van der Waals surface area contributed by atoms with Crippen LogP contribution in [0.25, 0.3) is 5.14 Å². The van der Waals surface area contributed by atoms with E-state index in [0.29, 0.717) is 0 Å². The molecule has 3 nitrogen and oxygen atoms in total. The first kappa shape index (κ1) is 9.22. The number of nitrogens with zero attached hydrogens (tertiary/aromatic N) is 2. The van der Waals surface area contributed by atoms with Gasteiger partial charge in [-0.25, -0.2) is 0 Å². The zero-order valence-electron chi connectivity index (χ0n) is 2.46. The summed E-state index contributed by atoms with van der Waals surface area (Å²) in [5, 5.41) is 16.0. The van der Waals surface area contributed by atoms with Crippen molar-refractivity contribution in [3.63, 3.8) is 0 Å². The molecule has 0 bridgehead atoms. The molecule has 0 radical (unpaired) electrons. The van der Waals surface area contributed by atoms with Gasteiger partial charge in [-0.1, -0.05) is 0 Å². The summed E-state index contributed by atoms with van der Waals surface area (Å²) in [6.07, 6.45) is 8.00. The van der Waals surface area contributed by atoms with Crippen molar-refractivity contribution in [3.8, 4) is 12.8 Å². The van der Waals surface area contributed by atoms with Crippen LogP contribution in [0, 0.1) is 23.4 Å². The normalized spacial score (nSPS) is 1.80. The Balaban J connectivity index is 0. The minimum absolute atomic E-state index is 1.25. The van der Waals surface area contributed by atoms with Gasteiger partial charge in [0.2, 0.25) is 10.5 Å². The Morgan fingerprint density at radius 1 is 1.60 bits per heavy atom. The number of diazo groups is 1. The lowest BCUT2D eigenvalue weighted by atomic mass is 11.4. The SMILES string of the molecule is C#C.N#[N+][O-]. The molecule has 0 spiro atoms. The highest BCUT2D eigenvalue weighted by atomic mass is 16.4. The Kier molecular flexibility index (Phi) is 336. The van der Waals surface area contributed by atoms with E-state index in [0.717, 1.165) is 0 Å². The van der Waals surface area contributed by atoms with Crippen molar-refractivity contribution < 1.29 is 0 Å². The molecule has 0 heterocycles. The van der Waals surface area contributed by atoms with Crippen molar-refractivity contribution in [2.45, 2.75) is 0 Å². The van der Waals surface area contributed by atoms with Gasteiger partial charge < -0.3 is 5.21 Å². The van der Waals surface area contributed by atoms with Crippen LogP contribution in [0.5, 0.6) is 0 Å². The van der Waals surface area contributed by atoms with Crippen molar-refractivity contribution in [1.29, 1.82) is 5.39 Å². The Morgan fingerprint density at radius 2 is 1.60 bits per heavy atom. The van der Waals surface area contributed by atoms with E-state index in [1.165, 1.54) is 5.14 Å². The Morgan fingerprint density at radius 3 is 1.60 bits per heavy atom. The summed E-state index contributed by atoms with van der Waals surface area (Å²) in [7, 11) is 0.